The van der Waals surface area contributed by atoms with E-state index in [2.05, 4.69) is 43.4 Å². The SMILES string of the molecule is C#CCSc1nc(C(C)(C)C)n(CC=C)n1. The number of aromatic nitrogens is 3. The van der Waals surface area contributed by atoms with Gasteiger partial charge in [0, 0.05) is 5.41 Å². The molecule has 0 radical (unpaired) electrons. The minimum Gasteiger partial charge on any atom is -0.245 e. The zero-order valence-corrected chi connectivity index (χ0v) is 10.8. The van der Waals surface area contributed by atoms with Crippen molar-refractivity contribution in [2.45, 2.75) is 37.9 Å². The van der Waals surface area contributed by atoms with Crippen LogP contribution >= 0.6 is 11.8 Å². The molecule has 0 spiro atoms. The standard InChI is InChI=1S/C12H17N3S/c1-6-8-15-10(12(3,4)5)13-11(14-15)16-9-7-2/h2,6H,1,8-9H2,3-5H3. The fourth-order valence-corrected chi connectivity index (χ4v) is 1.81. The molecule has 3 nitrogen and oxygen atoms in total. The molecule has 0 fully saturated rings. The van der Waals surface area contributed by atoms with E-state index >= 15 is 0 Å². The van der Waals surface area contributed by atoms with Crippen LogP contribution in [0.3, 0.4) is 0 Å². The number of hydrogen-bond acceptors (Lipinski definition) is 3. The summed E-state index contributed by atoms with van der Waals surface area (Å²) in [5.74, 6) is 4.13. The van der Waals surface area contributed by atoms with Crippen molar-refractivity contribution in [1.82, 2.24) is 14.8 Å². The second-order valence-corrected chi connectivity index (χ2v) is 5.37. The van der Waals surface area contributed by atoms with Gasteiger partial charge in [0.15, 0.2) is 0 Å². The van der Waals surface area contributed by atoms with E-state index < -0.39 is 0 Å². The van der Waals surface area contributed by atoms with Gasteiger partial charge in [-0.2, -0.15) is 0 Å². The fraction of sp³-hybridized carbons (Fsp3) is 0.500. The van der Waals surface area contributed by atoms with Gasteiger partial charge < -0.3 is 0 Å². The van der Waals surface area contributed by atoms with Crippen molar-refractivity contribution >= 4 is 11.8 Å². The van der Waals surface area contributed by atoms with E-state index in [4.69, 9.17) is 6.42 Å². The largest absolute Gasteiger partial charge is 0.245 e. The highest BCUT2D eigenvalue weighted by Crippen LogP contribution is 2.23. The van der Waals surface area contributed by atoms with Crippen molar-refractivity contribution in [3.8, 4) is 12.3 Å². The number of nitrogens with zero attached hydrogens (tertiary/aromatic N) is 3. The Balaban J connectivity index is 3.01. The third kappa shape index (κ3) is 3.14. The van der Waals surface area contributed by atoms with Gasteiger partial charge >= 0.3 is 0 Å². The lowest BCUT2D eigenvalue weighted by Gasteiger charge is -2.17. The van der Waals surface area contributed by atoms with Crippen LogP contribution in [0, 0.1) is 12.3 Å². The van der Waals surface area contributed by atoms with Crippen LogP contribution in [0.4, 0.5) is 0 Å². The molecule has 0 aliphatic rings. The average Bonchev–Trinajstić information content (AvgIpc) is 2.58. The van der Waals surface area contributed by atoms with Gasteiger partial charge in [0.25, 0.3) is 0 Å². The summed E-state index contributed by atoms with van der Waals surface area (Å²) in [4.78, 5) is 4.51. The summed E-state index contributed by atoms with van der Waals surface area (Å²) in [6, 6.07) is 0. The van der Waals surface area contributed by atoms with Crippen molar-refractivity contribution in [1.29, 1.82) is 0 Å². The fourth-order valence-electron chi connectivity index (χ4n) is 1.29. The molecule has 86 valence electrons. The first-order chi connectivity index (χ1) is 7.49. The van der Waals surface area contributed by atoms with Gasteiger partial charge in [-0.25, -0.2) is 9.67 Å². The van der Waals surface area contributed by atoms with Crippen LogP contribution in [0.1, 0.15) is 26.6 Å². The predicted molar refractivity (Wildman–Crippen MR) is 68.5 cm³/mol. The Morgan fingerprint density at radius 1 is 1.56 bits per heavy atom. The molecule has 16 heavy (non-hydrogen) atoms. The van der Waals surface area contributed by atoms with Gasteiger partial charge in [0.05, 0.1) is 12.3 Å². The molecule has 4 heteroatoms. The zero-order valence-electron chi connectivity index (χ0n) is 10.0. The molecule has 0 aliphatic heterocycles. The second-order valence-electron chi connectivity index (χ2n) is 4.43. The number of allylic oxidation sites excluding steroid dienone is 1. The Morgan fingerprint density at radius 3 is 2.75 bits per heavy atom. The molecule has 0 unspecified atom stereocenters. The topological polar surface area (TPSA) is 30.7 Å². The van der Waals surface area contributed by atoms with Gasteiger partial charge in [-0.15, -0.1) is 18.1 Å². The molecule has 0 aliphatic carbocycles. The van der Waals surface area contributed by atoms with Crippen LogP contribution in [-0.4, -0.2) is 20.5 Å². The summed E-state index contributed by atoms with van der Waals surface area (Å²) in [6.45, 7) is 10.8. The Hall–Kier alpha value is -1.21. The summed E-state index contributed by atoms with van der Waals surface area (Å²) in [6.07, 6.45) is 7.04. The van der Waals surface area contributed by atoms with Gasteiger partial charge in [0.2, 0.25) is 5.16 Å². The summed E-state index contributed by atoms with van der Waals surface area (Å²) < 4.78 is 1.88. The third-order valence-electron chi connectivity index (χ3n) is 1.91. The summed E-state index contributed by atoms with van der Waals surface area (Å²) in [5.41, 5.74) is -0.0229. The molecular formula is C12H17N3S. The lowest BCUT2D eigenvalue weighted by molar-refractivity contribution is 0.493. The maximum atomic E-state index is 5.22. The highest BCUT2D eigenvalue weighted by atomic mass is 32.2. The quantitative estimate of drug-likeness (QED) is 0.456. The molecule has 1 heterocycles. The highest BCUT2D eigenvalue weighted by molar-refractivity contribution is 7.99. The van der Waals surface area contributed by atoms with Crippen LogP contribution in [0.2, 0.25) is 0 Å². The molecule has 0 saturated carbocycles. The smallest absolute Gasteiger partial charge is 0.209 e. The van der Waals surface area contributed by atoms with E-state index in [1.165, 1.54) is 11.8 Å². The molecular weight excluding hydrogens is 218 g/mol. The molecule has 0 atom stereocenters. The zero-order chi connectivity index (χ0) is 12.2. The molecule has 1 rings (SSSR count). The average molecular weight is 235 g/mol. The summed E-state index contributed by atoms with van der Waals surface area (Å²) in [5, 5.41) is 5.15. The molecule has 1 aromatic heterocycles. The Labute approximate surface area is 101 Å². The van der Waals surface area contributed by atoms with Crippen molar-refractivity contribution in [2.24, 2.45) is 0 Å². The first-order valence-electron chi connectivity index (χ1n) is 5.11. The molecule has 0 aromatic carbocycles. The Morgan fingerprint density at radius 2 is 2.25 bits per heavy atom. The lowest BCUT2D eigenvalue weighted by atomic mass is 9.96. The van der Waals surface area contributed by atoms with Crippen LogP contribution in [-0.2, 0) is 12.0 Å². The van der Waals surface area contributed by atoms with Crippen molar-refractivity contribution in [3.05, 3.63) is 18.5 Å². The third-order valence-corrected chi connectivity index (χ3v) is 2.65. The normalized spacial score (nSPS) is 11.1. The van der Waals surface area contributed by atoms with Crippen LogP contribution in [0.15, 0.2) is 17.8 Å². The second kappa shape index (κ2) is 5.22. The van der Waals surface area contributed by atoms with Gasteiger partial charge in [-0.1, -0.05) is 44.5 Å². The van der Waals surface area contributed by atoms with Gasteiger partial charge in [-0.3, -0.25) is 0 Å². The summed E-state index contributed by atoms with van der Waals surface area (Å²) >= 11 is 1.48. The summed E-state index contributed by atoms with van der Waals surface area (Å²) in [7, 11) is 0. The van der Waals surface area contributed by atoms with E-state index in [0.29, 0.717) is 12.3 Å². The van der Waals surface area contributed by atoms with Crippen molar-refractivity contribution < 1.29 is 0 Å². The van der Waals surface area contributed by atoms with Crippen molar-refractivity contribution in [2.75, 3.05) is 5.75 Å². The number of rotatable bonds is 4. The van der Waals surface area contributed by atoms with Crippen LogP contribution in [0.5, 0.6) is 0 Å². The maximum absolute atomic E-state index is 5.22. The molecule has 0 amide bonds. The minimum absolute atomic E-state index is 0.0229. The van der Waals surface area contributed by atoms with Crippen LogP contribution < -0.4 is 0 Å². The van der Waals surface area contributed by atoms with Crippen LogP contribution in [0.25, 0.3) is 0 Å². The van der Waals surface area contributed by atoms with Gasteiger partial charge in [-0.05, 0) is 0 Å². The molecule has 0 saturated heterocycles. The maximum Gasteiger partial charge on any atom is 0.209 e. The van der Waals surface area contributed by atoms with Crippen molar-refractivity contribution in [3.63, 3.8) is 0 Å². The highest BCUT2D eigenvalue weighted by Gasteiger charge is 2.22. The lowest BCUT2D eigenvalue weighted by Crippen LogP contribution is -2.19. The number of terminal acetylenes is 1. The number of thioether (sulfide) groups is 1. The van der Waals surface area contributed by atoms with E-state index in [1.807, 2.05) is 10.8 Å². The minimum atomic E-state index is -0.0229. The monoisotopic (exact) mass is 235 g/mol. The first kappa shape index (κ1) is 12.9. The molecule has 1 aromatic rings. The van der Waals surface area contributed by atoms with E-state index in [1.54, 1.807) is 0 Å². The van der Waals surface area contributed by atoms with Gasteiger partial charge in [0.1, 0.15) is 5.82 Å². The van der Waals surface area contributed by atoms with E-state index in [9.17, 15) is 0 Å². The Bertz CT molecular complexity index is 407. The molecule has 0 bridgehead atoms. The predicted octanol–water partition coefficient (Wildman–Crippen LogP) is 2.49. The number of hydrogen-bond donors (Lipinski definition) is 0. The Kier molecular flexibility index (Phi) is 4.19. The van der Waals surface area contributed by atoms with E-state index in [0.717, 1.165) is 11.0 Å². The van der Waals surface area contributed by atoms with E-state index in [-0.39, 0.29) is 5.41 Å². The molecule has 0 N–H and O–H groups in total. The first-order valence-corrected chi connectivity index (χ1v) is 6.10.